The predicted octanol–water partition coefficient (Wildman–Crippen LogP) is 9.56. The van der Waals surface area contributed by atoms with Crippen molar-refractivity contribution in [2.75, 3.05) is 26.5 Å². The van der Waals surface area contributed by atoms with Crippen LogP contribution in [0, 0.1) is 46.0 Å². The summed E-state index contributed by atoms with van der Waals surface area (Å²) in [6, 6.07) is 8.53. The second kappa shape index (κ2) is 15.7. The maximum absolute atomic E-state index is 14.8. The second-order valence-electron chi connectivity index (χ2n) is 14.7. The van der Waals surface area contributed by atoms with E-state index in [4.69, 9.17) is 9.47 Å². The average Bonchev–Trinajstić information content (AvgIpc) is 3.44. The van der Waals surface area contributed by atoms with Gasteiger partial charge in [0.15, 0.2) is 6.19 Å². The van der Waals surface area contributed by atoms with E-state index in [1.165, 1.54) is 23.8 Å². The van der Waals surface area contributed by atoms with Gasteiger partial charge >= 0.3 is 5.97 Å². The van der Waals surface area contributed by atoms with Gasteiger partial charge in [0.25, 0.3) is 0 Å². The molecule has 2 aromatic rings. The van der Waals surface area contributed by atoms with Crippen LogP contribution in [0.15, 0.2) is 30.3 Å². The van der Waals surface area contributed by atoms with Crippen molar-refractivity contribution in [3.05, 3.63) is 41.6 Å². The quantitative estimate of drug-likeness (QED) is 0.0913. The molecule has 1 aliphatic heterocycles. The Balaban J connectivity index is 1.81. The summed E-state index contributed by atoms with van der Waals surface area (Å²) in [6.07, 6.45) is 19.4. The van der Waals surface area contributed by atoms with E-state index in [0.717, 1.165) is 99.8 Å². The number of hydrogen-bond donors (Lipinski definition) is 2. The first-order valence-electron chi connectivity index (χ1n) is 18.6. The van der Waals surface area contributed by atoms with Gasteiger partial charge in [0.1, 0.15) is 5.76 Å². The first kappa shape index (κ1) is 35.7. The van der Waals surface area contributed by atoms with Crippen molar-refractivity contribution >= 4 is 35.3 Å². The van der Waals surface area contributed by atoms with Crippen LogP contribution in [-0.2, 0) is 20.7 Å². The average molecular weight is 662 g/mol. The third kappa shape index (κ3) is 6.33. The van der Waals surface area contributed by atoms with E-state index in [2.05, 4.69) is 79.8 Å². The normalized spacial score (nSPS) is 31.4. The number of aromatic nitrogens is 1. The number of fused-ring (bicyclic) bond motifs is 6. The number of nitriles is 1. The van der Waals surface area contributed by atoms with Gasteiger partial charge in [-0.05, 0) is 98.0 Å². The van der Waals surface area contributed by atoms with Crippen molar-refractivity contribution in [3.63, 3.8) is 0 Å². The summed E-state index contributed by atoms with van der Waals surface area (Å²) < 4.78 is 12.3. The van der Waals surface area contributed by atoms with E-state index in [9.17, 15) is 10.1 Å². The molecule has 7 atom stereocenters. The molecule has 1 aromatic heterocycles. The van der Waals surface area contributed by atoms with Crippen molar-refractivity contribution in [2.24, 2.45) is 34.5 Å². The molecule has 0 amide bonds. The van der Waals surface area contributed by atoms with Crippen LogP contribution in [0.1, 0.15) is 115 Å². The number of methoxy groups -OCH3 is 2. The Morgan fingerprint density at radius 3 is 2.47 bits per heavy atom. The van der Waals surface area contributed by atoms with Gasteiger partial charge in [0.2, 0.25) is 0 Å². The second-order valence-corrected chi connectivity index (χ2v) is 15.2. The number of carbonyl (C=O) groups is 1. The highest BCUT2D eigenvalue weighted by molar-refractivity contribution is 7.80. The number of H-pyrrole nitrogens is 1. The van der Waals surface area contributed by atoms with Crippen LogP contribution in [-0.4, -0.2) is 48.4 Å². The number of nitrogens with one attached hydrogen (secondary N) is 1. The van der Waals surface area contributed by atoms with Gasteiger partial charge in [-0.2, -0.15) is 17.9 Å². The molecule has 0 spiro atoms. The predicted molar refractivity (Wildman–Crippen MR) is 195 cm³/mol. The molecule has 1 aromatic carbocycles. The lowest BCUT2D eigenvalue weighted by Crippen LogP contribution is -2.67. The summed E-state index contributed by atoms with van der Waals surface area (Å²) >= 11 is 4.52. The standard InChI is InChI=1S/C40H59N3O3S/c1-6-9-20-39-22-19-32(39)31-26-43(27-41)28(16-13-14-23-47)24-30-29-17-11-12-18-34(29)42-37(30)35(45-4)25-33(31)40(21-10-7-2,38(44)46-5)36(39)15-8-3/h11-12,17-18,25,28,31-33,36,42,47H,6-10,13-16,19-24,26H2,1-5H3/b35-25+/t28-,31-,32-,33+,36?,39?,40-/m1/s1. The number of benzene rings is 1. The first-order valence-corrected chi connectivity index (χ1v) is 19.2. The van der Waals surface area contributed by atoms with E-state index < -0.39 is 5.41 Å². The van der Waals surface area contributed by atoms with Crippen molar-refractivity contribution in [1.29, 1.82) is 5.26 Å². The molecule has 47 heavy (non-hydrogen) atoms. The minimum Gasteiger partial charge on any atom is -0.495 e. The number of esters is 1. The zero-order chi connectivity index (χ0) is 33.6. The number of unbranched alkanes of at least 4 members (excludes halogenated alkanes) is 3. The smallest absolute Gasteiger partial charge is 0.312 e. The summed E-state index contributed by atoms with van der Waals surface area (Å²) in [5, 5.41) is 12.1. The Kier molecular flexibility index (Phi) is 12.0. The van der Waals surface area contributed by atoms with Gasteiger partial charge in [-0.15, -0.1) is 0 Å². The molecule has 1 N–H and O–H groups in total. The molecule has 2 fully saturated rings. The number of hydrogen-bond acceptors (Lipinski definition) is 6. The molecule has 7 heteroatoms. The van der Waals surface area contributed by atoms with E-state index in [-0.39, 0.29) is 35.2 Å². The zero-order valence-electron chi connectivity index (χ0n) is 29.7. The summed E-state index contributed by atoms with van der Waals surface area (Å²) in [7, 11) is 3.37. The third-order valence-electron chi connectivity index (χ3n) is 12.6. The fraction of sp³-hybridized carbons (Fsp3) is 0.700. The molecule has 2 aliphatic carbocycles. The van der Waals surface area contributed by atoms with Crippen LogP contribution in [0.25, 0.3) is 16.7 Å². The summed E-state index contributed by atoms with van der Waals surface area (Å²) in [5.41, 5.74) is 2.67. The number of ether oxygens (including phenoxy) is 2. The number of rotatable bonds is 14. The Morgan fingerprint density at radius 1 is 1.06 bits per heavy atom. The lowest BCUT2D eigenvalue weighted by Gasteiger charge is -2.69. The van der Waals surface area contributed by atoms with Gasteiger partial charge in [-0.3, -0.25) is 4.79 Å². The maximum Gasteiger partial charge on any atom is 0.312 e. The summed E-state index contributed by atoms with van der Waals surface area (Å²) in [5.74, 6) is 2.33. The van der Waals surface area contributed by atoms with Gasteiger partial charge in [-0.25, -0.2) is 0 Å². The Hall–Kier alpha value is -2.59. The fourth-order valence-corrected chi connectivity index (χ4v) is 10.7. The van der Waals surface area contributed by atoms with Crippen LogP contribution in [0.2, 0.25) is 0 Å². The van der Waals surface area contributed by atoms with Crippen LogP contribution in [0.3, 0.4) is 0 Å². The highest BCUT2D eigenvalue weighted by Crippen LogP contribution is 2.72. The minimum atomic E-state index is -0.687. The molecular weight excluding hydrogens is 603 g/mol. The van der Waals surface area contributed by atoms with Gasteiger partial charge < -0.3 is 19.4 Å². The lowest BCUT2D eigenvalue weighted by atomic mass is 9.35. The van der Waals surface area contributed by atoms with Gasteiger partial charge in [0, 0.05) is 29.4 Å². The highest BCUT2D eigenvalue weighted by atomic mass is 32.1. The van der Waals surface area contributed by atoms with Crippen molar-refractivity contribution in [1.82, 2.24) is 9.88 Å². The van der Waals surface area contributed by atoms with E-state index in [1.54, 1.807) is 14.2 Å². The number of para-hydroxylation sites is 1. The van der Waals surface area contributed by atoms with E-state index in [0.29, 0.717) is 12.5 Å². The van der Waals surface area contributed by atoms with Crippen molar-refractivity contribution < 1.29 is 14.3 Å². The monoisotopic (exact) mass is 661 g/mol. The Bertz CT molecular complexity index is 1430. The van der Waals surface area contributed by atoms with E-state index in [1.807, 2.05) is 0 Å². The maximum atomic E-state index is 14.8. The van der Waals surface area contributed by atoms with Crippen LogP contribution in [0.4, 0.5) is 0 Å². The molecule has 2 saturated carbocycles. The Morgan fingerprint density at radius 2 is 1.83 bits per heavy atom. The Labute approximate surface area is 289 Å². The highest BCUT2D eigenvalue weighted by Gasteiger charge is 2.69. The van der Waals surface area contributed by atoms with Crippen LogP contribution < -0.4 is 0 Å². The number of thiol groups is 1. The van der Waals surface area contributed by atoms with Crippen molar-refractivity contribution in [2.45, 2.75) is 117 Å². The van der Waals surface area contributed by atoms with Gasteiger partial charge in [0.05, 0.1) is 25.3 Å². The van der Waals surface area contributed by atoms with Crippen LogP contribution in [0.5, 0.6) is 0 Å². The molecule has 5 rings (SSSR count). The number of nitrogens with zero attached hydrogens (tertiary/aromatic N) is 2. The number of carbonyl (C=O) groups excluding carboxylic acids is 1. The molecule has 0 bridgehead atoms. The summed E-state index contributed by atoms with van der Waals surface area (Å²) in [6.45, 7) is 7.46. The number of aromatic amines is 1. The molecule has 2 heterocycles. The largest absolute Gasteiger partial charge is 0.495 e. The molecule has 6 nitrogen and oxygen atoms in total. The van der Waals surface area contributed by atoms with Crippen LogP contribution >= 0.6 is 12.6 Å². The van der Waals surface area contributed by atoms with Crippen molar-refractivity contribution in [3.8, 4) is 6.19 Å². The topological polar surface area (TPSA) is 78.4 Å². The third-order valence-corrected chi connectivity index (χ3v) is 12.9. The molecule has 0 saturated heterocycles. The fourth-order valence-electron chi connectivity index (χ4n) is 10.5. The van der Waals surface area contributed by atoms with Gasteiger partial charge in [-0.1, -0.05) is 77.5 Å². The molecular formula is C40H59N3O3S. The summed E-state index contributed by atoms with van der Waals surface area (Å²) in [4.78, 5) is 20.6. The molecule has 2 unspecified atom stereocenters. The molecule has 3 aliphatic rings. The molecule has 0 radical (unpaired) electrons. The minimum absolute atomic E-state index is 0.0522. The lowest BCUT2D eigenvalue weighted by molar-refractivity contribution is -0.220. The number of allylic oxidation sites excluding steroid dienone is 1. The molecule has 258 valence electrons. The SMILES string of the molecule is CCCCC12CC[C@@H]1[C@H]1CN(C#N)[C@H](CCCCS)Cc3c([nH]c4ccccc34)/C(OC)=C\[C@@H]1[C@@](CCCC)(C(=O)OC)C2CCC. The zero-order valence-corrected chi connectivity index (χ0v) is 30.5. The van der Waals surface area contributed by atoms with E-state index >= 15 is 0 Å². The first-order chi connectivity index (χ1) is 22.9.